The summed E-state index contributed by atoms with van der Waals surface area (Å²) < 4.78 is 6.69. The maximum Gasteiger partial charge on any atom is 0.188 e. The fraction of sp³-hybridized carbons (Fsp3) is 0.562. The van der Waals surface area contributed by atoms with Crippen molar-refractivity contribution in [2.75, 3.05) is 19.7 Å². The second kappa shape index (κ2) is 6.36. The van der Waals surface area contributed by atoms with Crippen molar-refractivity contribution < 1.29 is 4.74 Å². The molecule has 1 saturated carbocycles. The molecule has 1 saturated heterocycles. The zero-order valence-electron chi connectivity index (χ0n) is 12.1. The lowest BCUT2D eigenvalue weighted by atomic mass is 9.96. The molecule has 5 heteroatoms. The van der Waals surface area contributed by atoms with E-state index in [-0.39, 0.29) is 5.41 Å². The topological polar surface area (TPSA) is 59.6 Å². The highest BCUT2D eigenvalue weighted by atomic mass is 79.9. The summed E-state index contributed by atoms with van der Waals surface area (Å²) in [6, 6.07) is 8.52. The van der Waals surface area contributed by atoms with Crippen LogP contribution in [0.25, 0.3) is 0 Å². The monoisotopic (exact) mass is 351 g/mol. The van der Waals surface area contributed by atoms with Gasteiger partial charge >= 0.3 is 0 Å². The number of hydrogen-bond donors (Lipinski definition) is 2. The summed E-state index contributed by atoms with van der Waals surface area (Å²) in [6.45, 7) is 2.39. The van der Waals surface area contributed by atoms with E-state index in [1.807, 2.05) is 0 Å². The van der Waals surface area contributed by atoms with Crippen molar-refractivity contribution in [1.82, 2.24) is 5.32 Å². The number of aliphatic imine (C=N–C) groups is 1. The van der Waals surface area contributed by atoms with Gasteiger partial charge in [0, 0.05) is 23.0 Å². The highest BCUT2D eigenvalue weighted by Crippen LogP contribution is 2.48. The minimum absolute atomic E-state index is 0.194. The Labute approximate surface area is 134 Å². The summed E-state index contributed by atoms with van der Waals surface area (Å²) in [7, 11) is 0. The molecule has 0 radical (unpaired) electrons. The average Bonchev–Trinajstić information content (AvgIpc) is 3.10. The van der Waals surface area contributed by atoms with E-state index in [4.69, 9.17) is 10.5 Å². The predicted molar refractivity (Wildman–Crippen MR) is 88.5 cm³/mol. The molecule has 0 aromatic heterocycles. The number of hydrogen-bond acceptors (Lipinski definition) is 2. The van der Waals surface area contributed by atoms with Gasteiger partial charge in [-0.1, -0.05) is 28.1 Å². The van der Waals surface area contributed by atoms with Crippen molar-refractivity contribution in [1.29, 1.82) is 0 Å². The third-order valence-corrected chi connectivity index (χ3v) is 4.87. The number of rotatable bonds is 5. The SMILES string of the molecule is NC(=NCC1(c2cccc(Br)c2)CC1)NCC1CCCO1. The van der Waals surface area contributed by atoms with Crippen LogP contribution in [-0.2, 0) is 10.2 Å². The van der Waals surface area contributed by atoms with Gasteiger partial charge in [0.05, 0.1) is 12.6 Å². The van der Waals surface area contributed by atoms with Gasteiger partial charge in [-0.3, -0.25) is 4.99 Å². The molecule has 1 unspecified atom stereocenters. The van der Waals surface area contributed by atoms with Gasteiger partial charge in [0.15, 0.2) is 5.96 Å². The van der Waals surface area contributed by atoms with E-state index < -0.39 is 0 Å². The first kappa shape index (κ1) is 14.9. The molecule has 2 aliphatic rings. The largest absolute Gasteiger partial charge is 0.376 e. The Morgan fingerprint density at radius 3 is 3.00 bits per heavy atom. The Morgan fingerprint density at radius 2 is 2.33 bits per heavy atom. The van der Waals surface area contributed by atoms with Gasteiger partial charge in [-0.25, -0.2) is 0 Å². The highest BCUT2D eigenvalue weighted by molar-refractivity contribution is 9.10. The number of nitrogens with one attached hydrogen (secondary N) is 1. The molecule has 0 spiro atoms. The van der Waals surface area contributed by atoms with E-state index in [0.29, 0.717) is 12.1 Å². The zero-order valence-corrected chi connectivity index (χ0v) is 13.7. The standard InChI is InChI=1S/C16H22BrN3O/c17-13-4-1-3-12(9-13)16(6-7-16)11-20-15(18)19-10-14-5-2-8-21-14/h1,3-4,9,14H,2,5-8,10-11H2,(H3,18,19,20). The van der Waals surface area contributed by atoms with Crippen molar-refractivity contribution in [2.24, 2.45) is 10.7 Å². The van der Waals surface area contributed by atoms with Crippen molar-refractivity contribution >= 4 is 21.9 Å². The zero-order chi connectivity index (χ0) is 14.7. The highest BCUT2D eigenvalue weighted by Gasteiger charge is 2.44. The van der Waals surface area contributed by atoms with Crippen molar-refractivity contribution in [3.05, 3.63) is 34.3 Å². The van der Waals surface area contributed by atoms with Gasteiger partial charge in [-0.15, -0.1) is 0 Å². The van der Waals surface area contributed by atoms with Gasteiger partial charge in [0.25, 0.3) is 0 Å². The quantitative estimate of drug-likeness (QED) is 0.633. The number of ether oxygens (including phenoxy) is 1. The van der Waals surface area contributed by atoms with Crippen molar-refractivity contribution in [3.63, 3.8) is 0 Å². The van der Waals surface area contributed by atoms with Crippen LogP contribution in [0.15, 0.2) is 33.7 Å². The first-order chi connectivity index (χ1) is 10.2. The van der Waals surface area contributed by atoms with Gasteiger partial charge in [-0.2, -0.15) is 0 Å². The molecular formula is C16H22BrN3O. The molecule has 1 aliphatic heterocycles. The van der Waals surface area contributed by atoms with Gasteiger partial charge in [-0.05, 0) is 43.4 Å². The molecule has 0 amide bonds. The summed E-state index contributed by atoms with van der Waals surface area (Å²) >= 11 is 3.54. The Balaban J connectivity index is 1.54. The van der Waals surface area contributed by atoms with Crippen LogP contribution >= 0.6 is 15.9 Å². The van der Waals surface area contributed by atoms with Crippen LogP contribution in [-0.4, -0.2) is 31.8 Å². The molecule has 3 N–H and O–H groups in total. The smallest absolute Gasteiger partial charge is 0.188 e. The van der Waals surface area contributed by atoms with Crippen LogP contribution in [0.2, 0.25) is 0 Å². The molecular weight excluding hydrogens is 330 g/mol. The first-order valence-corrected chi connectivity index (χ1v) is 8.39. The predicted octanol–water partition coefficient (Wildman–Crippen LogP) is 2.56. The van der Waals surface area contributed by atoms with Crippen LogP contribution in [0.1, 0.15) is 31.2 Å². The van der Waals surface area contributed by atoms with Crippen molar-refractivity contribution in [2.45, 2.75) is 37.2 Å². The van der Waals surface area contributed by atoms with E-state index in [0.717, 1.165) is 37.0 Å². The normalized spacial score (nSPS) is 24.0. The maximum absolute atomic E-state index is 5.97. The molecule has 0 bridgehead atoms. The number of nitrogens with zero attached hydrogens (tertiary/aromatic N) is 1. The van der Waals surface area contributed by atoms with Crippen LogP contribution in [0.4, 0.5) is 0 Å². The lowest BCUT2D eigenvalue weighted by Gasteiger charge is -2.15. The molecule has 1 heterocycles. The summed E-state index contributed by atoms with van der Waals surface area (Å²) in [5.74, 6) is 0.534. The van der Waals surface area contributed by atoms with Gasteiger partial charge in [0.1, 0.15) is 0 Å². The first-order valence-electron chi connectivity index (χ1n) is 7.59. The number of benzene rings is 1. The van der Waals surface area contributed by atoms with Crippen LogP contribution in [0.5, 0.6) is 0 Å². The molecule has 1 aromatic carbocycles. The second-order valence-corrected chi connectivity index (χ2v) is 6.92. The Hall–Kier alpha value is -1.07. The van der Waals surface area contributed by atoms with E-state index in [1.165, 1.54) is 18.4 Å². The summed E-state index contributed by atoms with van der Waals surface area (Å²) in [6.07, 6.45) is 4.92. The third-order valence-electron chi connectivity index (χ3n) is 4.38. The molecule has 114 valence electrons. The van der Waals surface area contributed by atoms with Crippen LogP contribution < -0.4 is 11.1 Å². The number of halogens is 1. The van der Waals surface area contributed by atoms with E-state index >= 15 is 0 Å². The molecule has 21 heavy (non-hydrogen) atoms. The van der Waals surface area contributed by atoms with Gasteiger partial charge < -0.3 is 15.8 Å². The van der Waals surface area contributed by atoms with E-state index in [9.17, 15) is 0 Å². The molecule has 4 nitrogen and oxygen atoms in total. The van der Waals surface area contributed by atoms with Gasteiger partial charge in [0.2, 0.25) is 0 Å². The summed E-state index contributed by atoms with van der Waals surface area (Å²) in [4.78, 5) is 4.54. The fourth-order valence-corrected chi connectivity index (χ4v) is 3.22. The molecule has 3 rings (SSSR count). The summed E-state index contributed by atoms with van der Waals surface area (Å²) in [5.41, 5.74) is 7.52. The van der Waals surface area contributed by atoms with Crippen molar-refractivity contribution in [3.8, 4) is 0 Å². The van der Waals surface area contributed by atoms with Crippen LogP contribution in [0.3, 0.4) is 0 Å². The minimum atomic E-state index is 0.194. The number of nitrogens with two attached hydrogens (primary N) is 1. The molecule has 2 fully saturated rings. The minimum Gasteiger partial charge on any atom is -0.376 e. The third kappa shape index (κ3) is 3.77. The molecule has 1 aromatic rings. The lowest BCUT2D eigenvalue weighted by Crippen LogP contribution is -2.37. The molecule has 1 atom stereocenters. The Kier molecular flexibility index (Phi) is 4.50. The Morgan fingerprint density at radius 1 is 1.48 bits per heavy atom. The average molecular weight is 352 g/mol. The van der Waals surface area contributed by atoms with Crippen LogP contribution in [0, 0.1) is 0 Å². The fourth-order valence-electron chi connectivity index (χ4n) is 2.82. The second-order valence-electron chi connectivity index (χ2n) is 6.01. The number of guanidine groups is 1. The lowest BCUT2D eigenvalue weighted by molar-refractivity contribution is 0.114. The molecule has 1 aliphatic carbocycles. The Bertz CT molecular complexity index is 522. The maximum atomic E-state index is 5.97. The van der Waals surface area contributed by atoms with E-state index in [1.54, 1.807) is 0 Å². The van der Waals surface area contributed by atoms with E-state index in [2.05, 4.69) is 50.5 Å². The summed E-state index contributed by atoms with van der Waals surface area (Å²) in [5, 5.41) is 3.18.